The number of carbonyl (C=O) groups is 3. The molecule has 0 aromatic rings. The number of ether oxygens (including phenoxy) is 8. The third kappa shape index (κ3) is 9.95. The van der Waals surface area contributed by atoms with Crippen LogP contribution < -0.4 is 0 Å². The van der Waals surface area contributed by atoms with Crippen LogP contribution in [-0.4, -0.2) is 216 Å². The Labute approximate surface area is 466 Å². The Bertz CT molecular complexity index is 2380. The van der Waals surface area contributed by atoms with E-state index in [1.165, 1.54) is 0 Å². The average Bonchev–Trinajstić information content (AvgIpc) is 3.85. The fourth-order valence-corrected chi connectivity index (χ4v) is 16.2. The molecule has 26 atom stereocenters. The van der Waals surface area contributed by atoms with Crippen LogP contribution in [0.2, 0.25) is 0 Å². The third-order valence-electron chi connectivity index (χ3n) is 21.4. The summed E-state index contributed by atoms with van der Waals surface area (Å²) in [6.07, 6.45) is -21.9. The van der Waals surface area contributed by atoms with Crippen molar-refractivity contribution in [2.75, 3.05) is 26.4 Å². The van der Waals surface area contributed by atoms with Gasteiger partial charge in [0.1, 0.15) is 67.1 Å². The van der Waals surface area contributed by atoms with Crippen molar-refractivity contribution in [3.05, 3.63) is 34.9 Å². The Morgan fingerprint density at radius 2 is 1.19 bits per heavy atom. The smallest absolute Gasteiger partial charge is 0.335 e. The van der Waals surface area contributed by atoms with Crippen molar-refractivity contribution in [2.24, 2.45) is 50.2 Å². The summed E-state index contributed by atoms with van der Waals surface area (Å²) >= 11 is 0. The largest absolute Gasteiger partial charge is 0.479 e. The van der Waals surface area contributed by atoms with Gasteiger partial charge in [0.15, 0.2) is 31.1 Å². The van der Waals surface area contributed by atoms with Gasteiger partial charge in [-0.05, 0) is 107 Å². The van der Waals surface area contributed by atoms with Crippen molar-refractivity contribution >= 4 is 17.9 Å². The van der Waals surface area contributed by atoms with Crippen LogP contribution in [0.3, 0.4) is 0 Å². The minimum Gasteiger partial charge on any atom is -0.479 e. The van der Waals surface area contributed by atoms with Crippen molar-refractivity contribution in [1.29, 1.82) is 0 Å². The Hall–Kier alpha value is -3.05. The molecule has 3 aliphatic heterocycles. The second kappa shape index (κ2) is 23.1. The van der Waals surface area contributed by atoms with E-state index in [4.69, 9.17) is 37.9 Å². The maximum Gasteiger partial charge on any atom is 0.335 e. The number of carboxylic acid groups (broad SMARTS) is 1. The number of hydrogen-bond donors (Lipinski definition) is 12. The SMILES string of the molecule is C/C=C(/C)C(=O)O[C@H]1[C@H](OC(=O)/C(C)=C\C)[C@@]2(CO)C(CC1(C)C)C1=CCC3[C@@]4(C)CC[C@H](O[C@@H]5OC(C(=O)O)[C@@H](O)[C@@H](O[C@@H]6O[C@@H](CO)C(O)[C@@H]6O)C5O[C@@H]5OC(CO)[C@@H](O)[C@@H](O)C5O)[C@](C)(CO)C4CC[C@@]3(C)[C@]1(C)C[C@H]2O. The van der Waals surface area contributed by atoms with Gasteiger partial charge in [0, 0.05) is 22.0 Å². The molecule has 8 aliphatic rings. The molecule has 8 rings (SSSR count). The first kappa shape index (κ1) is 63.0. The van der Waals surface area contributed by atoms with E-state index in [9.17, 15) is 75.7 Å². The van der Waals surface area contributed by atoms with Crippen molar-refractivity contribution in [1.82, 2.24) is 0 Å². The van der Waals surface area contributed by atoms with Gasteiger partial charge in [-0.2, -0.15) is 0 Å². The lowest BCUT2D eigenvalue weighted by molar-refractivity contribution is -0.387. The maximum absolute atomic E-state index is 13.8. The molecule has 23 heteroatoms. The number of carbonyl (C=O) groups excluding carboxylic acids is 2. The second-order valence-electron chi connectivity index (χ2n) is 25.8. The normalized spacial score (nSPS) is 49.3. The van der Waals surface area contributed by atoms with E-state index in [-0.39, 0.29) is 24.7 Å². The molecule has 0 aromatic heterocycles. The highest BCUT2D eigenvalue weighted by Crippen LogP contribution is 2.76. The van der Waals surface area contributed by atoms with E-state index >= 15 is 0 Å². The van der Waals surface area contributed by atoms with E-state index in [2.05, 4.69) is 26.8 Å². The number of hydrogen-bond acceptors (Lipinski definition) is 22. The molecule has 8 unspecified atom stereocenters. The lowest BCUT2D eigenvalue weighted by Gasteiger charge is -2.72. The number of carboxylic acids is 1. The van der Waals surface area contributed by atoms with Crippen molar-refractivity contribution < 1.29 is 114 Å². The summed E-state index contributed by atoms with van der Waals surface area (Å²) < 4.78 is 49.0. The predicted molar refractivity (Wildman–Crippen MR) is 277 cm³/mol. The first-order chi connectivity index (χ1) is 37.5. The Morgan fingerprint density at radius 1 is 0.637 bits per heavy atom. The number of rotatable bonds is 15. The molecule has 0 bridgehead atoms. The van der Waals surface area contributed by atoms with Gasteiger partial charge in [0.2, 0.25) is 0 Å². The minimum atomic E-state index is -2.15. The van der Waals surface area contributed by atoms with Gasteiger partial charge in [-0.1, -0.05) is 65.3 Å². The van der Waals surface area contributed by atoms with Crippen LogP contribution in [0.4, 0.5) is 0 Å². The predicted octanol–water partition coefficient (Wildman–Crippen LogP) is 0.264. The van der Waals surface area contributed by atoms with E-state index < -0.39 is 193 Å². The third-order valence-corrected chi connectivity index (χ3v) is 21.4. The van der Waals surface area contributed by atoms with Gasteiger partial charge < -0.3 is 99.2 Å². The standard InChI is InChI=1S/C57H88O23/c1-11-25(3)47(71)79-44-45(80-48(72)26(4)12-2)57(24-61)28(19-52(44,5)6)27-13-14-32-53(7)17-16-34(54(8,23-60)31(53)15-18-55(32,9)56(27,10)20-33(57)62)75-51-43(78-50-39(67)37(65)35(63)29(21-58)73-50)41(40(68)42(77-51)46(69)70)76-49-38(66)36(64)30(22-59)74-49/h11-13,28-45,49-51,58-68H,14-24H2,1-10H3,(H,69,70)/b25-11-,26-12-/t28?,29?,30-,31?,32?,33+,34-,35+,36?,37+,38-,39?,40-,41+,42?,43?,44-,45-,49-,50-,51+,53-,54+,55+,56+,57-/m0/s1. The minimum absolute atomic E-state index is 0.0864. The molecule has 454 valence electrons. The van der Waals surface area contributed by atoms with Gasteiger partial charge in [0.25, 0.3) is 0 Å². The molecule has 80 heavy (non-hydrogen) atoms. The summed E-state index contributed by atoms with van der Waals surface area (Å²) in [7, 11) is 0. The van der Waals surface area contributed by atoms with Gasteiger partial charge in [-0.3, -0.25) is 0 Å². The van der Waals surface area contributed by atoms with Gasteiger partial charge in [-0.25, -0.2) is 14.4 Å². The molecular formula is C57H88O23. The lowest BCUT2D eigenvalue weighted by atomic mass is 9.33. The lowest BCUT2D eigenvalue weighted by Crippen LogP contribution is -2.72. The summed E-state index contributed by atoms with van der Waals surface area (Å²) in [6.45, 7) is 16.4. The van der Waals surface area contributed by atoms with Crippen LogP contribution >= 0.6 is 0 Å². The Balaban J connectivity index is 1.14. The zero-order valence-corrected chi connectivity index (χ0v) is 47.5. The summed E-state index contributed by atoms with van der Waals surface area (Å²) in [4.78, 5) is 40.3. The highest BCUT2D eigenvalue weighted by Gasteiger charge is 2.74. The zero-order chi connectivity index (χ0) is 59.1. The van der Waals surface area contributed by atoms with Crippen LogP contribution in [0, 0.1) is 50.2 Å². The van der Waals surface area contributed by atoms with Crippen LogP contribution in [0.5, 0.6) is 0 Å². The van der Waals surface area contributed by atoms with E-state index in [1.54, 1.807) is 39.8 Å². The summed E-state index contributed by atoms with van der Waals surface area (Å²) in [5.41, 5.74) is -3.55. The molecule has 23 nitrogen and oxygen atoms in total. The van der Waals surface area contributed by atoms with Gasteiger partial charge >= 0.3 is 17.9 Å². The van der Waals surface area contributed by atoms with Crippen LogP contribution in [0.15, 0.2) is 34.9 Å². The number of fused-ring (bicyclic) bond motifs is 7. The van der Waals surface area contributed by atoms with Crippen LogP contribution in [0.1, 0.15) is 114 Å². The molecule has 0 radical (unpaired) electrons. The fraction of sp³-hybridized carbons (Fsp3) is 0.842. The molecule has 3 heterocycles. The quantitative estimate of drug-likeness (QED) is 0.0453. The second-order valence-corrected chi connectivity index (χ2v) is 25.8. The number of aliphatic hydroxyl groups is 11. The number of aliphatic carboxylic acids is 1. The molecule has 0 spiro atoms. The monoisotopic (exact) mass is 1140 g/mol. The molecule has 7 fully saturated rings. The van der Waals surface area contributed by atoms with Crippen LogP contribution in [0.25, 0.3) is 0 Å². The van der Waals surface area contributed by atoms with E-state index in [1.807, 2.05) is 20.8 Å². The van der Waals surface area contributed by atoms with Crippen molar-refractivity contribution in [3.63, 3.8) is 0 Å². The topological polar surface area (TPSA) is 368 Å². The van der Waals surface area contributed by atoms with Crippen molar-refractivity contribution in [3.8, 4) is 0 Å². The summed E-state index contributed by atoms with van der Waals surface area (Å²) in [5, 5.41) is 133. The maximum atomic E-state index is 13.8. The fourth-order valence-electron chi connectivity index (χ4n) is 16.2. The molecule has 0 amide bonds. The first-order valence-corrected chi connectivity index (χ1v) is 28.2. The molecule has 4 saturated carbocycles. The van der Waals surface area contributed by atoms with Gasteiger partial charge in [0.05, 0.1) is 44.1 Å². The number of esters is 2. The Morgan fingerprint density at radius 3 is 1.73 bits per heavy atom. The molecule has 0 aromatic carbocycles. The Kier molecular flexibility index (Phi) is 18.2. The van der Waals surface area contributed by atoms with Crippen LogP contribution in [-0.2, 0) is 52.3 Å². The van der Waals surface area contributed by atoms with E-state index in [0.29, 0.717) is 43.3 Å². The first-order valence-electron chi connectivity index (χ1n) is 28.2. The number of aliphatic hydroxyl groups excluding tert-OH is 11. The molecule has 5 aliphatic carbocycles. The highest BCUT2D eigenvalue weighted by molar-refractivity contribution is 5.89. The molecule has 12 N–H and O–H groups in total. The van der Waals surface area contributed by atoms with Gasteiger partial charge in [-0.15, -0.1) is 0 Å². The van der Waals surface area contributed by atoms with E-state index in [0.717, 1.165) is 5.57 Å². The molecular weight excluding hydrogens is 1050 g/mol. The van der Waals surface area contributed by atoms with Crippen molar-refractivity contribution in [2.45, 2.75) is 225 Å². The zero-order valence-electron chi connectivity index (χ0n) is 47.5. The average molecular weight is 1140 g/mol. The number of allylic oxidation sites excluding steroid dienone is 4. The highest BCUT2D eigenvalue weighted by atomic mass is 16.8. The molecule has 3 saturated heterocycles. The summed E-state index contributed by atoms with van der Waals surface area (Å²) in [5.74, 6) is -3.87. The summed E-state index contributed by atoms with van der Waals surface area (Å²) in [6, 6.07) is 0.